The van der Waals surface area contributed by atoms with E-state index in [9.17, 15) is 0 Å². The van der Waals surface area contributed by atoms with E-state index in [1.807, 2.05) is 29.6 Å². The van der Waals surface area contributed by atoms with E-state index in [4.69, 9.17) is 5.73 Å². The van der Waals surface area contributed by atoms with Crippen LogP contribution in [0.3, 0.4) is 0 Å². The summed E-state index contributed by atoms with van der Waals surface area (Å²) >= 11 is 1.61. The highest BCUT2D eigenvalue weighted by molar-refractivity contribution is 7.13. The lowest BCUT2D eigenvalue weighted by Gasteiger charge is -2.09. The van der Waals surface area contributed by atoms with Crippen molar-refractivity contribution in [1.82, 2.24) is 9.97 Å². The highest BCUT2D eigenvalue weighted by Crippen LogP contribution is 2.26. The number of rotatable bonds is 4. The molecule has 3 aromatic rings. The second-order valence-corrected chi connectivity index (χ2v) is 5.63. The van der Waals surface area contributed by atoms with Crippen molar-refractivity contribution in [1.29, 1.82) is 0 Å². The number of aromatic nitrogens is 2. The number of aryl methyl sites for hydroxylation is 1. The Morgan fingerprint density at radius 3 is 2.76 bits per heavy atom. The molecule has 1 aromatic carbocycles. The van der Waals surface area contributed by atoms with Gasteiger partial charge in [-0.2, -0.15) is 0 Å². The van der Waals surface area contributed by atoms with Gasteiger partial charge in [0.1, 0.15) is 10.8 Å². The van der Waals surface area contributed by atoms with E-state index >= 15 is 0 Å². The minimum absolute atomic E-state index is 0.679. The van der Waals surface area contributed by atoms with E-state index in [-0.39, 0.29) is 0 Å². The van der Waals surface area contributed by atoms with Crippen LogP contribution in [0, 0.1) is 6.92 Å². The van der Waals surface area contributed by atoms with Crippen LogP contribution in [-0.2, 0) is 6.54 Å². The number of nitrogens with zero attached hydrogens (tertiary/aromatic N) is 2. The summed E-state index contributed by atoms with van der Waals surface area (Å²) < 4.78 is 0. The van der Waals surface area contributed by atoms with Gasteiger partial charge in [0, 0.05) is 35.6 Å². The minimum Gasteiger partial charge on any atom is -0.398 e. The van der Waals surface area contributed by atoms with Gasteiger partial charge in [0.25, 0.3) is 0 Å². The average Bonchev–Trinajstić information content (AvgIpc) is 2.97. The van der Waals surface area contributed by atoms with Gasteiger partial charge in [-0.1, -0.05) is 12.1 Å². The Bertz CT molecular complexity index is 717. The molecule has 0 amide bonds. The highest BCUT2D eigenvalue weighted by Gasteiger charge is 2.06. The zero-order chi connectivity index (χ0) is 14.7. The fourth-order valence-electron chi connectivity index (χ4n) is 2.13. The summed E-state index contributed by atoms with van der Waals surface area (Å²) in [5.41, 5.74) is 10.2. The van der Waals surface area contributed by atoms with Crippen molar-refractivity contribution in [2.75, 3.05) is 11.1 Å². The number of nitrogens with one attached hydrogen (secondary N) is 1. The predicted octanol–water partition coefficient (Wildman–Crippen LogP) is 3.71. The molecule has 0 saturated heterocycles. The van der Waals surface area contributed by atoms with E-state index in [2.05, 4.69) is 28.3 Å². The summed E-state index contributed by atoms with van der Waals surface area (Å²) in [5, 5.41) is 6.34. The van der Waals surface area contributed by atoms with Crippen molar-refractivity contribution in [3.8, 4) is 10.6 Å². The van der Waals surface area contributed by atoms with Crippen molar-refractivity contribution >= 4 is 22.8 Å². The maximum Gasteiger partial charge on any atom is 0.138 e. The van der Waals surface area contributed by atoms with Gasteiger partial charge in [0.2, 0.25) is 0 Å². The first kappa shape index (κ1) is 13.6. The lowest BCUT2D eigenvalue weighted by atomic mass is 10.1. The summed E-state index contributed by atoms with van der Waals surface area (Å²) in [5.74, 6) is 0.870. The predicted molar refractivity (Wildman–Crippen MR) is 88.3 cm³/mol. The van der Waals surface area contributed by atoms with Crippen LogP contribution in [0.5, 0.6) is 0 Å². The minimum atomic E-state index is 0.679. The number of benzene rings is 1. The third kappa shape index (κ3) is 3.03. The Morgan fingerprint density at radius 2 is 2.00 bits per heavy atom. The lowest BCUT2D eigenvalue weighted by Crippen LogP contribution is -2.05. The molecule has 0 saturated carbocycles. The normalized spacial score (nSPS) is 10.5. The van der Waals surface area contributed by atoms with Crippen molar-refractivity contribution < 1.29 is 0 Å². The van der Waals surface area contributed by atoms with Crippen LogP contribution >= 0.6 is 11.3 Å². The number of hydrogen-bond donors (Lipinski definition) is 2. The van der Waals surface area contributed by atoms with E-state index in [1.54, 1.807) is 23.7 Å². The maximum atomic E-state index is 6.02. The molecule has 2 aromatic heterocycles. The molecule has 5 heteroatoms. The fourth-order valence-corrected chi connectivity index (χ4v) is 2.91. The van der Waals surface area contributed by atoms with Crippen molar-refractivity contribution in [2.45, 2.75) is 13.5 Å². The molecule has 0 fully saturated rings. The van der Waals surface area contributed by atoms with Gasteiger partial charge in [0.05, 0.1) is 0 Å². The summed E-state index contributed by atoms with van der Waals surface area (Å²) in [4.78, 5) is 8.61. The van der Waals surface area contributed by atoms with E-state index in [1.165, 1.54) is 5.56 Å². The van der Waals surface area contributed by atoms with Crippen molar-refractivity contribution in [3.05, 3.63) is 59.2 Å². The average molecular weight is 296 g/mol. The SMILES string of the molecule is Cc1cccc(N)c1CNc1csc(-c2ccncc2)n1. The standard InChI is InChI=1S/C16H16N4S/c1-11-3-2-4-14(17)13(11)9-19-15-10-21-16(20-15)12-5-7-18-8-6-12/h2-8,10,19H,9,17H2,1H3. The van der Waals surface area contributed by atoms with Gasteiger partial charge in [-0.3, -0.25) is 4.98 Å². The highest BCUT2D eigenvalue weighted by atomic mass is 32.1. The zero-order valence-corrected chi connectivity index (χ0v) is 12.5. The monoisotopic (exact) mass is 296 g/mol. The Balaban J connectivity index is 1.74. The zero-order valence-electron chi connectivity index (χ0n) is 11.7. The van der Waals surface area contributed by atoms with E-state index in [0.29, 0.717) is 6.54 Å². The molecular weight excluding hydrogens is 280 g/mol. The van der Waals surface area contributed by atoms with E-state index in [0.717, 1.165) is 27.6 Å². The molecule has 0 atom stereocenters. The number of nitrogens with two attached hydrogens (primary N) is 1. The molecule has 0 unspecified atom stereocenters. The maximum absolute atomic E-state index is 6.02. The van der Waals surface area contributed by atoms with Crippen LogP contribution in [0.2, 0.25) is 0 Å². The first-order chi connectivity index (χ1) is 10.2. The Kier molecular flexibility index (Phi) is 3.83. The molecule has 106 valence electrons. The van der Waals surface area contributed by atoms with Crippen molar-refractivity contribution in [3.63, 3.8) is 0 Å². The van der Waals surface area contributed by atoms with Crippen LogP contribution in [-0.4, -0.2) is 9.97 Å². The lowest BCUT2D eigenvalue weighted by molar-refractivity contribution is 1.10. The molecule has 0 bridgehead atoms. The molecule has 0 radical (unpaired) electrons. The van der Waals surface area contributed by atoms with Crippen LogP contribution in [0.25, 0.3) is 10.6 Å². The molecule has 0 aliphatic carbocycles. The molecule has 0 aliphatic heterocycles. The first-order valence-electron chi connectivity index (χ1n) is 6.68. The summed E-state index contributed by atoms with van der Waals surface area (Å²) in [7, 11) is 0. The Hall–Kier alpha value is -2.40. The quantitative estimate of drug-likeness (QED) is 0.720. The van der Waals surface area contributed by atoms with Crippen LogP contribution in [0.1, 0.15) is 11.1 Å². The van der Waals surface area contributed by atoms with Gasteiger partial charge in [-0.15, -0.1) is 11.3 Å². The topological polar surface area (TPSA) is 63.8 Å². The number of pyridine rings is 1. The number of thiazole rings is 1. The summed E-state index contributed by atoms with van der Waals surface area (Å²) in [6.45, 7) is 2.74. The molecule has 3 rings (SSSR count). The van der Waals surface area contributed by atoms with Gasteiger partial charge >= 0.3 is 0 Å². The third-order valence-corrected chi connectivity index (χ3v) is 4.22. The number of nitrogen functional groups attached to an aromatic ring is 1. The van der Waals surface area contributed by atoms with Crippen LogP contribution in [0.4, 0.5) is 11.5 Å². The largest absolute Gasteiger partial charge is 0.398 e. The Morgan fingerprint density at radius 1 is 1.19 bits per heavy atom. The molecule has 2 heterocycles. The van der Waals surface area contributed by atoms with Gasteiger partial charge in [-0.25, -0.2) is 4.98 Å². The molecule has 3 N–H and O–H groups in total. The van der Waals surface area contributed by atoms with Crippen LogP contribution in [0.15, 0.2) is 48.1 Å². The molecule has 21 heavy (non-hydrogen) atoms. The van der Waals surface area contributed by atoms with Crippen molar-refractivity contribution in [2.24, 2.45) is 0 Å². The van der Waals surface area contributed by atoms with Gasteiger partial charge in [0.15, 0.2) is 0 Å². The number of hydrogen-bond acceptors (Lipinski definition) is 5. The van der Waals surface area contributed by atoms with E-state index < -0.39 is 0 Å². The fraction of sp³-hybridized carbons (Fsp3) is 0.125. The smallest absolute Gasteiger partial charge is 0.138 e. The number of anilines is 2. The van der Waals surface area contributed by atoms with Gasteiger partial charge < -0.3 is 11.1 Å². The van der Waals surface area contributed by atoms with Gasteiger partial charge in [-0.05, 0) is 36.2 Å². The van der Waals surface area contributed by atoms with Crippen LogP contribution < -0.4 is 11.1 Å². The second kappa shape index (κ2) is 5.93. The first-order valence-corrected chi connectivity index (χ1v) is 7.56. The third-order valence-electron chi connectivity index (χ3n) is 3.32. The molecular formula is C16H16N4S. The Labute approximate surface area is 127 Å². The molecule has 0 aliphatic rings. The summed E-state index contributed by atoms with van der Waals surface area (Å²) in [6, 6.07) is 9.88. The molecule has 0 spiro atoms. The molecule has 4 nitrogen and oxygen atoms in total. The second-order valence-electron chi connectivity index (χ2n) is 4.77. The summed E-state index contributed by atoms with van der Waals surface area (Å²) in [6.07, 6.45) is 3.55.